The number of fused-ring (bicyclic) bond motifs is 3. The molecule has 5 nitrogen and oxygen atoms in total. The van der Waals surface area contributed by atoms with Crippen LogP contribution in [0.15, 0.2) is 54.7 Å². The number of alkyl carbamates (subject to hydrolysis) is 1. The van der Waals surface area contributed by atoms with E-state index in [0.717, 1.165) is 18.5 Å². The van der Waals surface area contributed by atoms with Crippen molar-refractivity contribution < 1.29 is 9.53 Å². The second kappa shape index (κ2) is 7.66. The quantitative estimate of drug-likeness (QED) is 0.647. The van der Waals surface area contributed by atoms with E-state index in [9.17, 15) is 4.79 Å². The highest BCUT2D eigenvalue weighted by atomic mass is 16.5. The smallest absolute Gasteiger partial charge is 0.407 e. The van der Waals surface area contributed by atoms with Crippen LogP contribution >= 0.6 is 0 Å². The van der Waals surface area contributed by atoms with Crippen LogP contribution in [0, 0.1) is 6.92 Å². The van der Waals surface area contributed by atoms with E-state index < -0.39 is 0 Å². The first kappa shape index (κ1) is 17.3. The van der Waals surface area contributed by atoms with Gasteiger partial charge in [-0.05, 0) is 47.6 Å². The first-order valence-corrected chi connectivity index (χ1v) is 9.31. The minimum atomic E-state index is -0.360. The van der Waals surface area contributed by atoms with Crippen LogP contribution in [0.2, 0.25) is 0 Å². The lowest BCUT2D eigenvalue weighted by Gasteiger charge is -2.14. The van der Waals surface area contributed by atoms with Crippen LogP contribution in [-0.4, -0.2) is 29.4 Å². The summed E-state index contributed by atoms with van der Waals surface area (Å²) in [5.41, 5.74) is 7.18. The zero-order valence-electron chi connectivity index (χ0n) is 15.4. The molecule has 0 unspecified atom stereocenters. The lowest BCUT2D eigenvalue weighted by Crippen LogP contribution is -2.27. The number of hydrogen-bond acceptors (Lipinski definition) is 3. The Balaban J connectivity index is 1.31. The van der Waals surface area contributed by atoms with E-state index in [4.69, 9.17) is 4.74 Å². The Morgan fingerprint density at radius 2 is 1.78 bits per heavy atom. The number of rotatable bonds is 6. The predicted molar refractivity (Wildman–Crippen MR) is 105 cm³/mol. The summed E-state index contributed by atoms with van der Waals surface area (Å²) < 4.78 is 5.53. The maximum absolute atomic E-state index is 12.1. The van der Waals surface area contributed by atoms with Gasteiger partial charge in [0.1, 0.15) is 6.61 Å². The summed E-state index contributed by atoms with van der Waals surface area (Å²) in [6.07, 6.45) is 3.21. The van der Waals surface area contributed by atoms with Gasteiger partial charge >= 0.3 is 6.09 Å². The average molecular weight is 361 g/mol. The van der Waals surface area contributed by atoms with Gasteiger partial charge in [0.15, 0.2) is 0 Å². The second-order valence-electron chi connectivity index (χ2n) is 6.88. The van der Waals surface area contributed by atoms with E-state index in [-0.39, 0.29) is 12.0 Å². The van der Waals surface area contributed by atoms with Crippen molar-refractivity contribution in [3.8, 4) is 11.1 Å². The number of nitrogens with zero attached hydrogens (tertiary/aromatic N) is 1. The Bertz CT molecular complexity index is 902. The molecule has 1 aromatic heterocycles. The summed E-state index contributed by atoms with van der Waals surface area (Å²) in [7, 11) is 0. The number of carbonyl (C=O) groups excluding carboxylic acids is 1. The number of benzene rings is 2. The molecule has 2 aromatic carbocycles. The molecule has 0 atom stereocenters. The molecule has 0 fully saturated rings. The maximum atomic E-state index is 12.1. The van der Waals surface area contributed by atoms with Gasteiger partial charge in [-0.25, -0.2) is 4.79 Å². The van der Waals surface area contributed by atoms with E-state index in [1.54, 1.807) is 0 Å². The van der Waals surface area contributed by atoms with Gasteiger partial charge in [-0.2, -0.15) is 5.10 Å². The van der Waals surface area contributed by atoms with E-state index in [1.165, 1.54) is 27.8 Å². The summed E-state index contributed by atoms with van der Waals surface area (Å²) in [5.74, 6) is 0.0942. The fraction of sp³-hybridized carbons (Fsp3) is 0.273. The lowest BCUT2D eigenvalue weighted by molar-refractivity contribution is 0.143. The van der Waals surface area contributed by atoms with Gasteiger partial charge in [-0.3, -0.25) is 5.10 Å². The molecule has 1 amide bonds. The molecule has 3 aromatic rings. The number of H-pyrrole nitrogens is 1. The highest BCUT2D eigenvalue weighted by Crippen LogP contribution is 2.44. The van der Waals surface area contributed by atoms with Gasteiger partial charge < -0.3 is 10.1 Å². The third kappa shape index (κ3) is 3.58. The molecule has 0 spiro atoms. The first-order chi connectivity index (χ1) is 13.2. The van der Waals surface area contributed by atoms with Crippen LogP contribution < -0.4 is 5.32 Å². The third-order valence-corrected chi connectivity index (χ3v) is 5.17. The number of amides is 1. The van der Waals surface area contributed by atoms with Crippen molar-refractivity contribution >= 4 is 6.09 Å². The highest BCUT2D eigenvalue weighted by Gasteiger charge is 2.28. The van der Waals surface area contributed by atoms with Crippen LogP contribution in [0.4, 0.5) is 4.79 Å². The van der Waals surface area contributed by atoms with Crippen molar-refractivity contribution in [2.24, 2.45) is 0 Å². The molecule has 1 aliphatic rings. The van der Waals surface area contributed by atoms with Crippen molar-refractivity contribution in [1.82, 2.24) is 15.5 Å². The molecule has 4 rings (SSSR count). The topological polar surface area (TPSA) is 67.0 Å². The molecule has 138 valence electrons. The second-order valence-corrected chi connectivity index (χ2v) is 6.88. The number of ether oxygens (including phenoxy) is 1. The molecule has 0 radical (unpaired) electrons. The van der Waals surface area contributed by atoms with Crippen molar-refractivity contribution in [1.29, 1.82) is 0 Å². The van der Waals surface area contributed by atoms with Crippen LogP contribution in [0.5, 0.6) is 0 Å². The highest BCUT2D eigenvalue weighted by molar-refractivity contribution is 5.79. The molecule has 1 heterocycles. The van der Waals surface area contributed by atoms with Crippen LogP contribution in [0.1, 0.15) is 34.7 Å². The van der Waals surface area contributed by atoms with Gasteiger partial charge in [0.05, 0.1) is 6.20 Å². The number of hydrogen-bond donors (Lipinski definition) is 2. The van der Waals surface area contributed by atoms with Crippen LogP contribution in [0.25, 0.3) is 11.1 Å². The van der Waals surface area contributed by atoms with Gasteiger partial charge in [0.2, 0.25) is 0 Å². The predicted octanol–water partition coefficient (Wildman–Crippen LogP) is 4.19. The third-order valence-electron chi connectivity index (χ3n) is 5.17. The summed E-state index contributed by atoms with van der Waals surface area (Å²) in [6.45, 7) is 2.93. The molecule has 0 saturated carbocycles. The molecule has 5 heteroatoms. The fourth-order valence-electron chi connectivity index (χ4n) is 3.75. The zero-order valence-corrected chi connectivity index (χ0v) is 15.4. The lowest BCUT2D eigenvalue weighted by atomic mass is 9.98. The van der Waals surface area contributed by atoms with E-state index in [2.05, 4.69) is 39.8 Å². The Morgan fingerprint density at radius 1 is 1.11 bits per heavy atom. The number of carbonyl (C=O) groups is 1. The van der Waals surface area contributed by atoms with Gasteiger partial charge in [-0.1, -0.05) is 48.5 Å². The number of aromatic amines is 1. The normalized spacial score (nSPS) is 12.5. The van der Waals surface area contributed by atoms with Crippen LogP contribution in [0.3, 0.4) is 0 Å². The van der Waals surface area contributed by atoms with Gasteiger partial charge in [-0.15, -0.1) is 0 Å². The molecular formula is C22H23N3O2. The Morgan fingerprint density at radius 3 is 2.41 bits per heavy atom. The molecule has 2 N–H and O–H groups in total. The number of nitrogens with one attached hydrogen (secondary N) is 2. The molecule has 27 heavy (non-hydrogen) atoms. The summed E-state index contributed by atoms with van der Waals surface area (Å²) in [5, 5.41) is 9.78. The summed E-state index contributed by atoms with van der Waals surface area (Å²) in [4.78, 5) is 12.1. The summed E-state index contributed by atoms with van der Waals surface area (Å²) in [6, 6.07) is 16.7. The first-order valence-electron chi connectivity index (χ1n) is 9.31. The fourth-order valence-corrected chi connectivity index (χ4v) is 3.75. The zero-order chi connectivity index (χ0) is 18.6. The minimum absolute atomic E-state index is 0.0942. The van der Waals surface area contributed by atoms with Crippen molar-refractivity contribution in [3.63, 3.8) is 0 Å². The number of aryl methyl sites for hydroxylation is 2. The Hall–Kier alpha value is -3.08. The largest absolute Gasteiger partial charge is 0.449 e. The average Bonchev–Trinajstić information content (AvgIpc) is 3.25. The Kier molecular flexibility index (Phi) is 4.92. The SMILES string of the molecule is Cc1[nH]ncc1CCCNC(=O)OCC1c2ccccc2-c2ccccc21. The maximum Gasteiger partial charge on any atom is 0.407 e. The van der Waals surface area contributed by atoms with Gasteiger partial charge in [0.25, 0.3) is 0 Å². The molecular weight excluding hydrogens is 338 g/mol. The van der Waals surface area contributed by atoms with Crippen molar-refractivity contribution in [2.75, 3.05) is 13.2 Å². The van der Waals surface area contributed by atoms with E-state index in [1.807, 2.05) is 37.4 Å². The molecule has 0 saturated heterocycles. The molecule has 0 bridgehead atoms. The van der Waals surface area contributed by atoms with Gasteiger partial charge in [0, 0.05) is 18.2 Å². The van der Waals surface area contributed by atoms with Crippen LogP contribution in [-0.2, 0) is 11.2 Å². The summed E-state index contributed by atoms with van der Waals surface area (Å²) >= 11 is 0. The number of aromatic nitrogens is 2. The molecule has 0 aliphatic heterocycles. The standard InChI is InChI=1S/C22H23N3O2/c1-15-16(13-24-25-15)7-6-12-23-22(26)27-14-21-19-10-4-2-8-17(19)18-9-3-5-11-20(18)21/h2-5,8-11,13,21H,6-7,12,14H2,1H3,(H,23,26)(H,24,25). The van der Waals surface area contributed by atoms with Crippen molar-refractivity contribution in [2.45, 2.75) is 25.7 Å². The monoisotopic (exact) mass is 361 g/mol. The van der Waals surface area contributed by atoms with E-state index in [0.29, 0.717) is 13.2 Å². The minimum Gasteiger partial charge on any atom is -0.449 e. The van der Waals surface area contributed by atoms with E-state index >= 15 is 0 Å². The van der Waals surface area contributed by atoms with Crippen molar-refractivity contribution in [3.05, 3.63) is 77.1 Å². The Labute approximate surface area is 158 Å². The molecule has 1 aliphatic carbocycles.